The highest BCUT2D eigenvalue weighted by molar-refractivity contribution is 6.30. The number of nitrogens with two attached hydrogens (primary N) is 1. The lowest BCUT2D eigenvalue weighted by Gasteiger charge is -2.32. The number of ketones is 2. The maximum absolute atomic E-state index is 12.4. The van der Waals surface area contributed by atoms with Crippen LogP contribution in [0.3, 0.4) is 0 Å². The molecule has 1 aromatic carbocycles. The van der Waals surface area contributed by atoms with Gasteiger partial charge in [-0.15, -0.1) is 0 Å². The van der Waals surface area contributed by atoms with Crippen molar-refractivity contribution in [3.63, 3.8) is 0 Å². The number of benzene rings is 1. The van der Waals surface area contributed by atoms with E-state index in [0.29, 0.717) is 34.8 Å². The largest absolute Gasteiger partial charge is 0.445 e. The van der Waals surface area contributed by atoms with Crippen molar-refractivity contribution in [2.45, 2.75) is 32.1 Å². The van der Waals surface area contributed by atoms with Crippen LogP contribution in [0.1, 0.15) is 37.7 Å². The molecule has 0 radical (unpaired) electrons. The maximum atomic E-state index is 12.4. The first kappa shape index (κ1) is 14.9. The van der Waals surface area contributed by atoms with Gasteiger partial charge in [0, 0.05) is 29.4 Å². The van der Waals surface area contributed by atoms with Crippen molar-refractivity contribution < 1.29 is 14.3 Å². The van der Waals surface area contributed by atoms with Gasteiger partial charge in [0.15, 0.2) is 17.4 Å². The number of ether oxygens (including phenoxy) is 1. The molecule has 4 nitrogen and oxygen atoms in total. The quantitative estimate of drug-likeness (QED) is 0.909. The van der Waals surface area contributed by atoms with E-state index in [1.54, 1.807) is 12.1 Å². The van der Waals surface area contributed by atoms with Crippen LogP contribution in [0.15, 0.2) is 47.1 Å². The van der Waals surface area contributed by atoms with Gasteiger partial charge in [0.25, 0.3) is 0 Å². The third-order valence-electron chi connectivity index (χ3n) is 4.07. The molecule has 114 valence electrons. The van der Waals surface area contributed by atoms with E-state index in [2.05, 4.69) is 0 Å². The fourth-order valence-electron chi connectivity index (χ4n) is 3.10. The maximum Gasteiger partial charge on any atom is 0.198 e. The first-order valence-corrected chi connectivity index (χ1v) is 7.57. The van der Waals surface area contributed by atoms with Crippen molar-refractivity contribution in [3.05, 3.63) is 57.6 Å². The van der Waals surface area contributed by atoms with Gasteiger partial charge in [-0.05, 0) is 31.0 Å². The number of hydrogen-bond donors (Lipinski definition) is 1. The average molecular weight is 318 g/mol. The summed E-state index contributed by atoms with van der Waals surface area (Å²) in [6, 6.07) is 7.13. The number of halogens is 1. The van der Waals surface area contributed by atoms with Crippen LogP contribution in [0.4, 0.5) is 0 Å². The molecule has 2 aliphatic rings. The predicted molar refractivity (Wildman–Crippen MR) is 83.1 cm³/mol. The second-order valence-corrected chi connectivity index (χ2v) is 5.97. The van der Waals surface area contributed by atoms with Crippen molar-refractivity contribution in [2.75, 3.05) is 0 Å². The molecule has 1 aliphatic carbocycles. The Balaban J connectivity index is 2.19. The van der Waals surface area contributed by atoms with E-state index in [4.69, 9.17) is 22.1 Å². The van der Waals surface area contributed by atoms with E-state index in [0.717, 1.165) is 12.0 Å². The second kappa shape index (κ2) is 5.61. The molecule has 1 aromatic rings. The zero-order chi connectivity index (χ0) is 15.9. The molecule has 1 heterocycles. The Bertz CT molecular complexity index is 716. The molecule has 3 rings (SSSR count). The molecule has 0 fully saturated rings. The highest BCUT2D eigenvalue weighted by Gasteiger charge is 2.39. The SMILES string of the molecule is CC(=O)C1=C(N)OC2=C(C(=O)CCC2)C1c1ccc(Cl)cc1. The number of carbonyl (C=O) groups is 2. The van der Waals surface area contributed by atoms with E-state index in [1.807, 2.05) is 12.1 Å². The van der Waals surface area contributed by atoms with Crippen molar-refractivity contribution in [3.8, 4) is 0 Å². The smallest absolute Gasteiger partial charge is 0.198 e. The molecule has 0 amide bonds. The van der Waals surface area contributed by atoms with Crippen LogP contribution < -0.4 is 5.73 Å². The number of allylic oxidation sites excluding steroid dienone is 3. The van der Waals surface area contributed by atoms with Crippen LogP contribution in [0, 0.1) is 0 Å². The van der Waals surface area contributed by atoms with E-state index in [9.17, 15) is 9.59 Å². The topological polar surface area (TPSA) is 69.4 Å². The minimum atomic E-state index is -0.466. The molecule has 0 aromatic heterocycles. The van der Waals surface area contributed by atoms with Gasteiger partial charge in [0.05, 0.1) is 5.57 Å². The zero-order valence-electron chi connectivity index (χ0n) is 12.2. The van der Waals surface area contributed by atoms with E-state index < -0.39 is 5.92 Å². The summed E-state index contributed by atoms with van der Waals surface area (Å²) in [5.74, 6) is 0.0562. The fraction of sp³-hybridized carbons (Fsp3) is 0.294. The van der Waals surface area contributed by atoms with Crippen LogP contribution in [-0.2, 0) is 14.3 Å². The number of rotatable bonds is 2. The zero-order valence-corrected chi connectivity index (χ0v) is 12.9. The van der Waals surface area contributed by atoms with Gasteiger partial charge < -0.3 is 10.5 Å². The number of carbonyl (C=O) groups excluding carboxylic acids is 2. The fourth-order valence-corrected chi connectivity index (χ4v) is 3.23. The molecular weight excluding hydrogens is 302 g/mol. The van der Waals surface area contributed by atoms with Gasteiger partial charge in [-0.1, -0.05) is 23.7 Å². The van der Waals surface area contributed by atoms with Crippen molar-refractivity contribution in [1.82, 2.24) is 0 Å². The third-order valence-corrected chi connectivity index (χ3v) is 4.32. The predicted octanol–water partition coefficient (Wildman–Crippen LogP) is 3.22. The molecule has 1 unspecified atom stereocenters. The number of Topliss-reactive ketones (excluding diaryl/α,β-unsaturated/α-hetero) is 2. The lowest BCUT2D eigenvalue weighted by Crippen LogP contribution is -2.30. The standard InChI is InChI=1S/C17H16ClNO3/c1-9(20)14-15(10-5-7-11(18)8-6-10)16-12(21)3-2-4-13(16)22-17(14)19/h5-8,15H,2-4,19H2,1H3. The molecule has 1 aliphatic heterocycles. The molecule has 22 heavy (non-hydrogen) atoms. The monoisotopic (exact) mass is 317 g/mol. The molecule has 2 N–H and O–H groups in total. The minimum Gasteiger partial charge on any atom is -0.445 e. The first-order chi connectivity index (χ1) is 10.5. The summed E-state index contributed by atoms with van der Waals surface area (Å²) < 4.78 is 5.58. The Labute approximate surface area is 133 Å². The van der Waals surface area contributed by atoms with E-state index in [-0.39, 0.29) is 17.4 Å². The first-order valence-electron chi connectivity index (χ1n) is 7.19. The van der Waals surface area contributed by atoms with E-state index in [1.165, 1.54) is 6.92 Å². The lowest BCUT2D eigenvalue weighted by molar-refractivity contribution is -0.116. The highest BCUT2D eigenvalue weighted by atomic mass is 35.5. The summed E-state index contributed by atoms with van der Waals surface area (Å²) in [5, 5.41) is 0.598. The van der Waals surface area contributed by atoms with Gasteiger partial charge in [-0.3, -0.25) is 9.59 Å². The Kier molecular flexibility index (Phi) is 3.79. The molecule has 0 saturated heterocycles. The normalized spacial score (nSPS) is 21.5. The van der Waals surface area contributed by atoms with Crippen LogP contribution in [0.25, 0.3) is 0 Å². The molecular formula is C17H16ClNO3. The molecule has 0 spiro atoms. The Morgan fingerprint density at radius 1 is 1.27 bits per heavy atom. The van der Waals surface area contributed by atoms with Crippen LogP contribution in [0.2, 0.25) is 5.02 Å². The Hall–Kier alpha value is -2.07. The van der Waals surface area contributed by atoms with Crippen LogP contribution in [-0.4, -0.2) is 11.6 Å². The van der Waals surface area contributed by atoms with Gasteiger partial charge in [0.2, 0.25) is 0 Å². The summed E-state index contributed by atoms with van der Waals surface area (Å²) in [7, 11) is 0. The third kappa shape index (κ3) is 2.44. The van der Waals surface area contributed by atoms with Crippen LogP contribution >= 0.6 is 11.6 Å². The summed E-state index contributed by atoms with van der Waals surface area (Å²) in [6.07, 6.45) is 1.88. The summed E-state index contributed by atoms with van der Waals surface area (Å²) in [4.78, 5) is 24.5. The molecule has 0 saturated carbocycles. The molecule has 1 atom stereocenters. The summed E-state index contributed by atoms with van der Waals surface area (Å²) in [6.45, 7) is 1.44. The summed E-state index contributed by atoms with van der Waals surface area (Å²) in [5.41, 5.74) is 7.68. The minimum absolute atomic E-state index is 0.0208. The second-order valence-electron chi connectivity index (χ2n) is 5.53. The van der Waals surface area contributed by atoms with Crippen molar-refractivity contribution in [2.24, 2.45) is 5.73 Å². The lowest BCUT2D eigenvalue weighted by atomic mass is 9.76. The van der Waals surface area contributed by atoms with Crippen molar-refractivity contribution in [1.29, 1.82) is 0 Å². The molecule has 0 bridgehead atoms. The summed E-state index contributed by atoms with van der Waals surface area (Å²) >= 11 is 5.94. The van der Waals surface area contributed by atoms with Crippen LogP contribution in [0.5, 0.6) is 0 Å². The van der Waals surface area contributed by atoms with Crippen molar-refractivity contribution >= 4 is 23.2 Å². The van der Waals surface area contributed by atoms with E-state index >= 15 is 0 Å². The Morgan fingerprint density at radius 3 is 2.59 bits per heavy atom. The van der Waals surface area contributed by atoms with Gasteiger partial charge in [0.1, 0.15) is 5.76 Å². The average Bonchev–Trinajstić information content (AvgIpc) is 2.46. The Morgan fingerprint density at radius 2 is 1.95 bits per heavy atom. The molecule has 5 heteroatoms. The van der Waals surface area contributed by atoms with Gasteiger partial charge >= 0.3 is 0 Å². The van der Waals surface area contributed by atoms with Gasteiger partial charge in [-0.2, -0.15) is 0 Å². The highest BCUT2D eigenvalue weighted by Crippen LogP contribution is 2.43. The van der Waals surface area contributed by atoms with Gasteiger partial charge in [-0.25, -0.2) is 0 Å². The number of hydrogen-bond acceptors (Lipinski definition) is 4.